The zero-order valence-corrected chi connectivity index (χ0v) is 11.2. The molecule has 1 saturated carbocycles. The van der Waals surface area contributed by atoms with Gasteiger partial charge in [0.15, 0.2) is 0 Å². The highest BCUT2D eigenvalue weighted by Gasteiger charge is 2.46. The van der Waals surface area contributed by atoms with Crippen LogP contribution in [0, 0.1) is 5.41 Å². The van der Waals surface area contributed by atoms with Crippen LogP contribution < -0.4 is 0 Å². The van der Waals surface area contributed by atoms with Gasteiger partial charge in [-0.2, -0.15) is 0 Å². The zero-order valence-electron chi connectivity index (χ0n) is 11.2. The van der Waals surface area contributed by atoms with Gasteiger partial charge in [0, 0.05) is 32.6 Å². The lowest BCUT2D eigenvalue weighted by Crippen LogP contribution is -2.51. The quantitative estimate of drug-likeness (QED) is 0.809. The summed E-state index contributed by atoms with van der Waals surface area (Å²) < 4.78 is 5.36. The average molecular weight is 261 g/mol. The fourth-order valence-corrected chi connectivity index (χ4v) is 3.24. The van der Waals surface area contributed by atoms with Gasteiger partial charge in [-0.15, -0.1) is 0 Å². The van der Waals surface area contributed by atoms with Gasteiger partial charge in [-0.3, -0.25) is 9.78 Å². The zero-order chi connectivity index (χ0) is 13.3. The first-order chi connectivity index (χ1) is 9.22. The third-order valence-electron chi connectivity index (χ3n) is 4.55. The Morgan fingerprint density at radius 1 is 1.37 bits per heavy atom. The van der Waals surface area contributed by atoms with Crippen molar-refractivity contribution in [2.24, 2.45) is 5.41 Å². The molecule has 1 aliphatic heterocycles. The third-order valence-corrected chi connectivity index (χ3v) is 4.55. The van der Waals surface area contributed by atoms with Crippen LogP contribution in [0.3, 0.4) is 0 Å². The number of likely N-dealkylation sites (tertiary alicyclic amines) is 1. The summed E-state index contributed by atoms with van der Waals surface area (Å²) in [4.78, 5) is 22.2. The highest BCUT2D eigenvalue weighted by Crippen LogP contribution is 2.50. The molecule has 19 heavy (non-hydrogen) atoms. The Labute approximate surface area is 113 Å². The third kappa shape index (κ3) is 2.34. The van der Waals surface area contributed by atoms with E-state index in [0.717, 1.165) is 38.8 Å². The van der Waals surface area contributed by atoms with E-state index in [1.807, 2.05) is 4.90 Å². The number of hydrogen-bond donors (Lipinski definition) is 0. The van der Waals surface area contributed by atoms with Gasteiger partial charge in [0.1, 0.15) is 5.69 Å². The van der Waals surface area contributed by atoms with Crippen LogP contribution in [-0.4, -0.2) is 47.1 Å². The summed E-state index contributed by atoms with van der Waals surface area (Å²) in [6, 6.07) is 0. The van der Waals surface area contributed by atoms with Crippen molar-refractivity contribution in [3.8, 4) is 0 Å². The smallest absolute Gasteiger partial charge is 0.274 e. The summed E-state index contributed by atoms with van der Waals surface area (Å²) in [7, 11) is 1.78. The number of piperidine rings is 1. The van der Waals surface area contributed by atoms with Crippen LogP contribution in [0.2, 0.25) is 0 Å². The molecule has 1 saturated heterocycles. The molecule has 1 aromatic heterocycles. The molecule has 1 amide bonds. The fourth-order valence-electron chi connectivity index (χ4n) is 3.24. The number of carbonyl (C=O) groups is 1. The van der Waals surface area contributed by atoms with Crippen LogP contribution in [0.25, 0.3) is 0 Å². The Morgan fingerprint density at radius 3 is 2.68 bits per heavy atom. The molecule has 0 unspecified atom stereocenters. The van der Waals surface area contributed by atoms with Crippen LogP contribution in [0.5, 0.6) is 0 Å². The van der Waals surface area contributed by atoms with E-state index in [1.165, 1.54) is 6.20 Å². The lowest BCUT2D eigenvalue weighted by atomic mass is 9.61. The van der Waals surface area contributed by atoms with Gasteiger partial charge in [-0.05, 0) is 31.1 Å². The molecule has 5 heteroatoms. The first kappa shape index (κ1) is 12.5. The maximum atomic E-state index is 12.2. The topological polar surface area (TPSA) is 55.3 Å². The monoisotopic (exact) mass is 261 g/mol. The number of aromatic nitrogens is 2. The SMILES string of the molecule is COC1CC2(CCN(C(=O)c3cnccn3)CC2)C1. The van der Waals surface area contributed by atoms with E-state index in [0.29, 0.717) is 17.2 Å². The Kier molecular flexibility index (Phi) is 3.22. The van der Waals surface area contributed by atoms with Gasteiger partial charge in [0.05, 0.1) is 12.3 Å². The van der Waals surface area contributed by atoms with Gasteiger partial charge in [-0.1, -0.05) is 0 Å². The summed E-state index contributed by atoms with van der Waals surface area (Å²) in [6.07, 6.45) is 9.58. The van der Waals surface area contributed by atoms with Crippen molar-refractivity contribution in [3.05, 3.63) is 24.3 Å². The standard InChI is InChI=1S/C14H19N3O2/c1-19-11-8-14(9-11)2-6-17(7-3-14)13(18)12-10-15-4-5-16-12/h4-5,10-11H,2-3,6-9H2,1H3. The second kappa shape index (κ2) is 4.89. The van der Waals surface area contributed by atoms with Gasteiger partial charge < -0.3 is 9.64 Å². The Morgan fingerprint density at radius 2 is 2.11 bits per heavy atom. The lowest BCUT2D eigenvalue weighted by molar-refractivity contribution is -0.0841. The van der Waals surface area contributed by atoms with Gasteiger partial charge >= 0.3 is 0 Å². The largest absolute Gasteiger partial charge is 0.381 e. The molecule has 0 radical (unpaired) electrons. The molecule has 102 valence electrons. The predicted octanol–water partition coefficient (Wildman–Crippen LogP) is 1.51. The molecule has 0 aromatic carbocycles. The fraction of sp³-hybridized carbons (Fsp3) is 0.643. The summed E-state index contributed by atoms with van der Waals surface area (Å²) in [5.74, 6) is 0.00515. The van der Waals surface area contributed by atoms with Gasteiger partial charge in [-0.25, -0.2) is 4.98 Å². The molecule has 5 nitrogen and oxygen atoms in total. The second-order valence-electron chi connectivity index (χ2n) is 5.65. The van der Waals surface area contributed by atoms with Crippen molar-refractivity contribution in [2.75, 3.05) is 20.2 Å². The number of methoxy groups -OCH3 is 1. The van der Waals surface area contributed by atoms with E-state index in [-0.39, 0.29) is 5.91 Å². The first-order valence-corrected chi connectivity index (χ1v) is 6.81. The minimum atomic E-state index is 0.00515. The van der Waals surface area contributed by atoms with Crippen molar-refractivity contribution >= 4 is 5.91 Å². The average Bonchev–Trinajstić information content (AvgIpc) is 2.45. The molecule has 1 aromatic rings. The predicted molar refractivity (Wildman–Crippen MR) is 69.6 cm³/mol. The lowest BCUT2D eigenvalue weighted by Gasteiger charge is -2.51. The molecular weight excluding hydrogens is 242 g/mol. The Balaban J connectivity index is 1.58. The van der Waals surface area contributed by atoms with Gasteiger partial charge in [0.25, 0.3) is 5.91 Å². The first-order valence-electron chi connectivity index (χ1n) is 6.81. The maximum absolute atomic E-state index is 12.2. The van der Waals surface area contributed by atoms with Crippen molar-refractivity contribution in [1.82, 2.24) is 14.9 Å². The molecule has 2 fully saturated rings. The summed E-state index contributed by atoms with van der Waals surface area (Å²) in [5, 5.41) is 0. The number of nitrogens with zero attached hydrogens (tertiary/aromatic N) is 3. The molecule has 1 aliphatic carbocycles. The molecular formula is C14H19N3O2. The van der Waals surface area contributed by atoms with Crippen LogP contribution in [0.4, 0.5) is 0 Å². The van der Waals surface area contributed by atoms with E-state index >= 15 is 0 Å². The van der Waals surface area contributed by atoms with Crippen LogP contribution in [0.15, 0.2) is 18.6 Å². The van der Waals surface area contributed by atoms with Crippen LogP contribution >= 0.6 is 0 Å². The number of ether oxygens (including phenoxy) is 1. The van der Waals surface area contributed by atoms with Crippen molar-refractivity contribution in [1.29, 1.82) is 0 Å². The minimum absolute atomic E-state index is 0.00515. The van der Waals surface area contributed by atoms with Crippen molar-refractivity contribution < 1.29 is 9.53 Å². The van der Waals surface area contributed by atoms with E-state index in [9.17, 15) is 4.79 Å². The Hall–Kier alpha value is -1.49. The van der Waals surface area contributed by atoms with E-state index in [1.54, 1.807) is 19.5 Å². The normalized spacial score (nSPS) is 22.3. The van der Waals surface area contributed by atoms with Crippen LogP contribution in [-0.2, 0) is 4.74 Å². The minimum Gasteiger partial charge on any atom is -0.381 e. The van der Waals surface area contributed by atoms with E-state index in [2.05, 4.69) is 9.97 Å². The number of rotatable bonds is 2. The van der Waals surface area contributed by atoms with E-state index in [4.69, 9.17) is 4.74 Å². The highest BCUT2D eigenvalue weighted by atomic mass is 16.5. The van der Waals surface area contributed by atoms with Crippen molar-refractivity contribution in [3.63, 3.8) is 0 Å². The molecule has 2 heterocycles. The summed E-state index contributed by atoms with van der Waals surface area (Å²) in [5.41, 5.74) is 0.877. The highest BCUT2D eigenvalue weighted by molar-refractivity contribution is 5.92. The van der Waals surface area contributed by atoms with Crippen LogP contribution in [0.1, 0.15) is 36.2 Å². The molecule has 2 aliphatic rings. The van der Waals surface area contributed by atoms with Crippen molar-refractivity contribution in [2.45, 2.75) is 31.8 Å². The maximum Gasteiger partial charge on any atom is 0.274 e. The molecule has 0 atom stereocenters. The molecule has 0 bridgehead atoms. The molecule has 3 rings (SSSR count). The van der Waals surface area contributed by atoms with Gasteiger partial charge in [0.2, 0.25) is 0 Å². The molecule has 1 spiro atoms. The Bertz CT molecular complexity index is 447. The number of amides is 1. The summed E-state index contributed by atoms with van der Waals surface area (Å²) >= 11 is 0. The second-order valence-corrected chi connectivity index (χ2v) is 5.65. The summed E-state index contributed by atoms with van der Waals surface area (Å²) in [6.45, 7) is 1.65. The molecule has 0 N–H and O–H groups in total. The number of carbonyl (C=O) groups excluding carboxylic acids is 1. The number of hydrogen-bond acceptors (Lipinski definition) is 4. The van der Waals surface area contributed by atoms with E-state index < -0.39 is 0 Å².